The normalized spacial score (nSPS) is 15.4. The van der Waals surface area contributed by atoms with Crippen LogP contribution in [0.4, 0.5) is 0 Å². The third-order valence-corrected chi connectivity index (χ3v) is 6.33. The van der Waals surface area contributed by atoms with Crippen molar-refractivity contribution in [3.8, 4) is 11.5 Å². The van der Waals surface area contributed by atoms with E-state index in [1.807, 2.05) is 0 Å². The highest BCUT2D eigenvalue weighted by Crippen LogP contribution is 2.50. The first-order valence-corrected chi connectivity index (χ1v) is 11.4. The highest BCUT2D eigenvalue weighted by atomic mass is 16.4. The number of aryl methyl sites for hydroxylation is 2. The lowest BCUT2D eigenvalue weighted by atomic mass is 9.89. The first kappa shape index (κ1) is 23.6. The van der Waals surface area contributed by atoms with E-state index in [4.69, 9.17) is 0 Å². The Kier molecular flexibility index (Phi) is 8.42. The molecule has 1 aliphatic carbocycles. The summed E-state index contributed by atoms with van der Waals surface area (Å²) in [7, 11) is 0. The van der Waals surface area contributed by atoms with Crippen LogP contribution >= 0.6 is 0 Å². The summed E-state index contributed by atoms with van der Waals surface area (Å²) in [6.07, 6.45) is 13.2. The lowest BCUT2D eigenvalue weighted by Crippen LogP contribution is -2.14. The van der Waals surface area contributed by atoms with Crippen LogP contribution in [0.1, 0.15) is 103 Å². The predicted octanol–water partition coefficient (Wildman–Crippen LogP) is 6.60. The van der Waals surface area contributed by atoms with Gasteiger partial charge in [-0.2, -0.15) is 0 Å². The molecule has 0 bridgehead atoms. The standard InChI is InChI=1S/C25H40O4/c1-24(2,3)13-9-5-4-7-11-19-17-21(26)22(27)18-20(19)12-8-6-10-14-25(15-16-25)23(28)29/h17-18,26-27H,4-16H2,1-3H3,(H,28,29). The second-order valence-corrected chi connectivity index (χ2v) is 10.2. The van der Waals surface area contributed by atoms with Crippen LogP contribution in [0, 0.1) is 10.8 Å². The van der Waals surface area contributed by atoms with Gasteiger partial charge in [-0.15, -0.1) is 0 Å². The number of carbonyl (C=O) groups is 1. The van der Waals surface area contributed by atoms with E-state index in [-0.39, 0.29) is 11.5 Å². The summed E-state index contributed by atoms with van der Waals surface area (Å²) in [4.78, 5) is 11.2. The molecule has 0 heterocycles. The Bertz CT molecular complexity index is 668. The van der Waals surface area contributed by atoms with Crippen molar-refractivity contribution >= 4 is 5.97 Å². The molecule has 0 aliphatic heterocycles. The summed E-state index contributed by atoms with van der Waals surface area (Å²) >= 11 is 0. The summed E-state index contributed by atoms with van der Waals surface area (Å²) in [6.45, 7) is 6.85. The minimum atomic E-state index is -0.634. The average Bonchev–Trinajstić information content (AvgIpc) is 3.41. The monoisotopic (exact) mass is 404 g/mol. The zero-order chi connectivity index (χ0) is 21.5. The molecule has 2 rings (SSSR count). The number of aromatic hydroxyl groups is 2. The van der Waals surface area contributed by atoms with Crippen LogP contribution in [0.25, 0.3) is 0 Å². The van der Waals surface area contributed by atoms with Gasteiger partial charge in [0.25, 0.3) is 0 Å². The molecular weight excluding hydrogens is 364 g/mol. The quantitative estimate of drug-likeness (QED) is 0.255. The summed E-state index contributed by atoms with van der Waals surface area (Å²) < 4.78 is 0. The van der Waals surface area contributed by atoms with Gasteiger partial charge in [-0.3, -0.25) is 4.79 Å². The Morgan fingerprint density at radius 3 is 1.79 bits per heavy atom. The number of aliphatic carboxylic acids is 1. The van der Waals surface area contributed by atoms with Crippen LogP contribution < -0.4 is 0 Å². The van der Waals surface area contributed by atoms with E-state index in [1.54, 1.807) is 12.1 Å². The number of rotatable bonds is 13. The number of benzene rings is 1. The highest BCUT2D eigenvalue weighted by molar-refractivity contribution is 5.77. The molecule has 29 heavy (non-hydrogen) atoms. The van der Waals surface area contributed by atoms with Crippen molar-refractivity contribution in [1.82, 2.24) is 0 Å². The zero-order valence-corrected chi connectivity index (χ0v) is 18.6. The molecule has 3 N–H and O–H groups in total. The molecule has 0 unspecified atom stereocenters. The van der Waals surface area contributed by atoms with Crippen molar-refractivity contribution in [2.45, 2.75) is 104 Å². The van der Waals surface area contributed by atoms with Crippen LogP contribution in [0.3, 0.4) is 0 Å². The van der Waals surface area contributed by atoms with Crippen LogP contribution in [-0.2, 0) is 17.6 Å². The largest absolute Gasteiger partial charge is 0.504 e. The van der Waals surface area contributed by atoms with Gasteiger partial charge in [-0.05, 0) is 80.0 Å². The van der Waals surface area contributed by atoms with Crippen LogP contribution in [0.15, 0.2) is 12.1 Å². The Morgan fingerprint density at radius 2 is 1.34 bits per heavy atom. The first-order valence-electron chi connectivity index (χ1n) is 11.4. The maximum absolute atomic E-state index is 11.2. The molecular formula is C25H40O4. The number of carboxylic acids is 1. The molecule has 0 aromatic heterocycles. The van der Waals surface area contributed by atoms with E-state index in [0.717, 1.165) is 68.9 Å². The summed E-state index contributed by atoms with van der Waals surface area (Å²) in [5.74, 6) is -0.712. The third-order valence-electron chi connectivity index (χ3n) is 6.33. The molecule has 1 aliphatic rings. The predicted molar refractivity (Wildman–Crippen MR) is 117 cm³/mol. The molecule has 0 spiro atoms. The van der Waals surface area contributed by atoms with Crippen molar-refractivity contribution in [2.75, 3.05) is 0 Å². The van der Waals surface area contributed by atoms with Crippen molar-refractivity contribution < 1.29 is 20.1 Å². The summed E-state index contributed by atoms with van der Waals surface area (Å²) in [6, 6.07) is 3.44. The van der Waals surface area contributed by atoms with Gasteiger partial charge in [0.05, 0.1) is 5.41 Å². The first-order chi connectivity index (χ1) is 13.6. The molecule has 0 amide bonds. The summed E-state index contributed by atoms with van der Waals surface area (Å²) in [5.41, 5.74) is 2.24. The van der Waals surface area contributed by atoms with Gasteiger partial charge in [0.1, 0.15) is 0 Å². The van der Waals surface area contributed by atoms with Crippen molar-refractivity contribution in [2.24, 2.45) is 10.8 Å². The molecule has 164 valence electrons. The molecule has 1 aromatic rings. The van der Waals surface area contributed by atoms with E-state index in [1.165, 1.54) is 25.7 Å². The van der Waals surface area contributed by atoms with E-state index < -0.39 is 11.4 Å². The molecule has 0 atom stereocenters. The van der Waals surface area contributed by atoms with Gasteiger partial charge >= 0.3 is 5.97 Å². The van der Waals surface area contributed by atoms with Gasteiger partial charge < -0.3 is 15.3 Å². The van der Waals surface area contributed by atoms with Gasteiger partial charge in [-0.1, -0.05) is 52.9 Å². The number of phenols is 2. The smallest absolute Gasteiger partial charge is 0.309 e. The lowest BCUT2D eigenvalue weighted by molar-refractivity contribution is -0.143. The lowest BCUT2D eigenvalue weighted by Gasteiger charge is -2.17. The molecule has 1 saturated carbocycles. The van der Waals surface area contributed by atoms with E-state index in [0.29, 0.717) is 5.41 Å². The van der Waals surface area contributed by atoms with Gasteiger partial charge in [-0.25, -0.2) is 0 Å². The summed E-state index contributed by atoms with van der Waals surface area (Å²) in [5, 5.41) is 29.1. The molecule has 4 heteroatoms. The highest BCUT2D eigenvalue weighted by Gasteiger charge is 2.49. The number of unbranched alkanes of at least 4 members (excludes halogenated alkanes) is 5. The molecule has 4 nitrogen and oxygen atoms in total. The average molecular weight is 405 g/mol. The van der Waals surface area contributed by atoms with Crippen LogP contribution in [0.2, 0.25) is 0 Å². The van der Waals surface area contributed by atoms with E-state index in [2.05, 4.69) is 20.8 Å². The minimum absolute atomic E-state index is 0.0337. The Balaban J connectivity index is 1.75. The van der Waals surface area contributed by atoms with Crippen molar-refractivity contribution in [3.63, 3.8) is 0 Å². The number of hydrogen-bond acceptors (Lipinski definition) is 3. The molecule has 0 radical (unpaired) electrons. The molecule has 1 aromatic carbocycles. The van der Waals surface area contributed by atoms with Crippen LogP contribution in [0.5, 0.6) is 11.5 Å². The number of hydrogen-bond donors (Lipinski definition) is 3. The fourth-order valence-electron chi connectivity index (χ4n) is 4.13. The topological polar surface area (TPSA) is 77.8 Å². The van der Waals surface area contributed by atoms with E-state index >= 15 is 0 Å². The molecule has 1 fully saturated rings. The zero-order valence-electron chi connectivity index (χ0n) is 18.6. The van der Waals surface area contributed by atoms with Gasteiger partial charge in [0, 0.05) is 0 Å². The SMILES string of the molecule is CC(C)(C)CCCCCCc1cc(O)c(O)cc1CCCCCC1(C(=O)O)CC1. The fourth-order valence-corrected chi connectivity index (χ4v) is 4.13. The maximum atomic E-state index is 11.2. The van der Waals surface area contributed by atoms with Gasteiger partial charge in [0.15, 0.2) is 11.5 Å². The Labute approximate surface area is 176 Å². The number of carboxylic acid groups (broad SMARTS) is 1. The second kappa shape index (κ2) is 10.4. The Morgan fingerprint density at radius 1 is 0.862 bits per heavy atom. The fraction of sp³-hybridized carbons (Fsp3) is 0.720. The maximum Gasteiger partial charge on any atom is 0.309 e. The van der Waals surface area contributed by atoms with E-state index in [9.17, 15) is 20.1 Å². The van der Waals surface area contributed by atoms with Crippen molar-refractivity contribution in [3.05, 3.63) is 23.3 Å². The minimum Gasteiger partial charge on any atom is -0.504 e. The number of phenolic OH excluding ortho intramolecular Hbond substituents is 2. The second-order valence-electron chi connectivity index (χ2n) is 10.2. The van der Waals surface area contributed by atoms with Crippen LogP contribution in [-0.4, -0.2) is 21.3 Å². The third kappa shape index (κ3) is 7.91. The van der Waals surface area contributed by atoms with Gasteiger partial charge in [0.2, 0.25) is 0 Å². The van der Waals surface area contributed by atoms with Crippen molar-refractivity contribution in [1.29, 1.82) is 0 Å². The molecule has 0 saturated heterocycles. The Hall–Kier alpha value is -1.71.